The summed E-state index contributed by atoms with van der Waals surface area (Å²) in [5.41, 5.74) is 0. The second-order valence-electron chi connectivity index (χ2n) is 5.35. The molecule has 0 radical (unpaired) electrons. The molecule has 0 aliphatic carbocycles. The Kier molecular flexibility index (Phi) is 6.44. The predicted molar refractivity (Wildman–Crippen MR) is 103 cm³/mol. The van der Waals surface area contributed by atoms with Crippen LogP contribution in [0.4, 0.5) is 0 Å². The number of fused-ring (bicyclic) bond motifs is 1. The monoisotopic (exact) mass is 423 g/mol. The minimum absolute atomic E-state index is 0. The van der Waals surface area contributed by atoms with Crippen LogP contribution in [-0.4, -0.2) is 31.1 Å². The summed E-state index contributed by atoms with van der Waals surface area (Å²) in [6.07, 6.45) is 0. The summed E-state index contributed by atoms with van der Waals surface area (Å²) in [7, 11) is 1.80. The van der Waals surface area contributed by atoms with Crippen LogP contribution in [0.2, 0.25) is 0 Å². The summed E-state index contributed by atoms with van der Waals surface area (Å²) in [5, 5.41) is 19.3. The van der Waals surface area contributed by atoms with Crippen molar-refractivity contribution in [2.45, 2.75) is 23.9 Å². The molecule has 1 N–H and O–H groups in total. The zero-order chi connectivity index (χ0) is 17.1. The van der Waals surface area contributed by atoms with E-state index in [4.69, 9.17) is 9.84 Å². The van der Waals surface area contributed by atoms with Crippen LogP contribution in [0.1, 0.15) is 12.7 Å². The molecule has 8 heteroatoms. The molecule has 25 heavy (non-hydrogen) atoms. The quantitative estimate of drug-likeness (QED) is 0.609. The number of aromatic nitrogens is 3. The molecule has 0 aliphatic rings. The summed E-state index contributed by atoms with van der Waals surface area (Å²) in [4.78, 5) is 10.9. The Balaban J connectivity index is 0.00000225. The number of rotatable bonds is 6. The Morgan fingerprint density at radius 1 is 1.24 bits per heavy atom. The summed E-state index contributed by atoms with van der Waals surface area (Å²) >= 11 is 1.16. The summed E-state index contributed by atoms with van der Waals surface area (Å²) in [5.74, 6) is 0.519. The van der Waals surface area contributed by atoms with Crippen LogP contribution in [0.3, 0.4) is 0 Å². The van der Waals surface area contributed by atoms with Gasteiger partial charge in [0.25, 0.3) is 0 Å². The van der Waals surface area contributed by atoms with Gasteiger partial charge in [0, 0.05) is 7.05 Å². The molecule has 1 heterocycles. The van der Waals surface area contributed by atoms with E-state index in [1.807, 2.05) is 36.4 Å². The second-order valence-corrected chi connectivity index (χ2v) is 6.66. The van der Waals surface area contributed by atoms with Gasteiger partial charge in [-0.15, -0.1) is 27.2 Å². The highest BCUT2D eigenvalue weighted by atomic mass is 79.9. The largest absolute Gasteiger partial charge is 0.486 e. The molecule has 0 fully saturated rings. The topological polar surface area (TPSA) is 77.2 Å². The maximum atomic E-state index is 10.9. The number of aliphatic carboxylic acids is 1. The van der Waals surface area contributed by atoms with Crippen molar-refractivity contribution in [3.8, 4) is 5.75 Å². The third kappa shape index (κ3) is 4.52. The molecule has 1 aromatic heterocycles. The minimum Gasteiger partial charge on any atom is -0.486 e. The SMILES string of the molecule is Br.CC(Sc1nnc(COc2ccc3ccccc3c2)n1C)C(=O)O. The van der Waals surface area contributed by atoms with E-state index in [1.54, 1.807) is 18.5 Å². The molecule has 0 aliphatic heterocycles. The molecule has 0 spiro atoms. The third-order valence-corrected chi connectivity index (χ3v) is 4.77. The van der Waals surface area contributed by atoms with Gasteiger partial charge >= 0.3 is 5.97 Å². The van der Waals surface area contributed by atoms with Crippen molar-refractivity contribution in [2.75, 3.05) is 0 Å². The summed E-state index contributed by atoms with van der Waals surface area (Å²) in [6, 6.07) is 14.0. The van der Waals surface area contributed by atoms with Gasteiger partial charge in [-0.05, 0) is 29.8 Å². The number of halogens is 1. The van der Waals surface area contributed by atoms with Crippen LogP contribution in [0.25, 0.3) is 10.8 Å². The Labute approximate surface area is 160 Å². The van der Waals surface area contributed by atoms with Crippen molar-refractivity contribution in [3.63, 3.8) is 0 Å². The van der Waals surface area contributed by atoms with Gasteiger partial charge in [0.1, 0.15) is 17.6 Å². The Bertz CT molecular complexity index is 884. The molecule has 2 aromatic carbocycles. The Hall–Kier alpha value is -2.06. The van der Waals surface area contributed by atoms with Crippen LogP contribution >= 0.6 is 28.7 Å². The molecule has 0 amide bonds. The molecule has 1 atom stereocenters. The number of benzene rings is 2. The Morgan fingerprint density at radius 3 is 2.68 bits per heavy atom. The average Bonchev–Trinajstić information content (AvgIpc) is 2.93. The van der Waals surface area contributed by atoms with Gasteiger partial charge in [0.15, 0.2) is 11.0 Å². The normalized spacial score (nSPS) is 11.8. The molecular formula is C17H18BrN3O3S. The second kappa shape index (κ2) is 8.35. The van der Waals surface area contributed by atoms with Crippen LogP contribution in [-0.2, 0) is 18.4 Å². The van der Waals surface area contributed by atoms with Gasteiger partial charge in [-0.3, -0.25) is 4.79 Å². The van der Waals surface area contributed by atoms with E-state index < -0.39 is 11.2 Å². The number of carboxylic acid groups (broad SMARTS) is 1. The first-order valence-corrected chi connectivity index (χ1v) is 8.32. The molecule has 0 saturated carbocycles. The number of carboxylic acids is 1. The van der Waals surface area contributed by atoms with Gasteiger partial charge in [-0.25, -0.2) is 0 Å². The van der Waals surface area contributed by atoms with Gasteiger partial charge in [0.2, 0.25) is 0 Å². The van der Waals surface area contributed by atoms with E-state index >= 15 is 0 Å². The minimum atomic E-state index is -0.878. The van der Waals surface area contributed by atoms with E-state index in [2.05, 4.69) is 16.3 Å². The van der Waals surface area contributed by atoms with E-state index in [-0.39, 0.29) is 23.6 Å². The fourth-order valence-corrected chi connectivity index (χ4v) is 2.96. The van der Waals surface area contributed by atoms with Crippen LogP contribution in [0.5, 0.6) is 5.75 Å². The van der Waals surface area contributed by atoms with Crippen LogP contribution in [0, 0.1) is 0 Å². The van der Waals surface area contributed by atoms with Crippen molar-refractivity contribution >= 4 is 45.5 Å². The molecule has 6 nitrogen and oxygen atoms in total. The first-order valence-electron chi connectivity index (χ1n) is 7.44. The highest BCUT2D eigenvalue weighted by Crippen LogP contribution is 2.23. The third-order valence-electron chi connectivity index (χ3n) is 3.64. The maximum Gasteiger partial charge on any atom is 0.316 e. The van der Waals surface area contributed by atoms with E-state index in [9.17, 15) is 4.79 Å². The van der Waals surface area contributed by atoms with Crippen molar-refractivity contribution in [2.24, 2.45) is 7.05 Å². The van der Waals surface area contributed by atoms with Crippen molar-refractivity contribution < 1.29 is 14.6 Å². The zero-order valence-corrected chi connectivity index (χ0v) is 16.3. The van der Waals surface area contributed by atoms with E-state index in [0.29, 0.717) is 11.0 Å². The van der Waals surface area contributed by atoms with Crippen LogP contribution in [0.15, 0.2) is 47.6 Å². The molecule has 0 bridgehead atoms. The van der Waals surface area contributed by atoms with Gasteiger partial charge in [-0.2, -0.15) is 0 Å². The van der Waals surface area contributed by atoms with Crippen molar-refractivity contribution in [1.29, 1.82) is 0 Å². The molecular weight excluding hydrogens is 406 g/mol. The maximum absolute atomic E-state index is 10.9. The summed E-state index contributed by atoms with van der Waals surface area (Å²) in [6.45, 7) is 1.89. The number of ether oxygens (including phenoxy) is 1. The number of nitrogens with zero attached hydrogens (tertiary/aromatic N) is 3. The number of hydrogen-bond donors (Lipinski definition) is 1. The molecule has 3 rings (SSSR count). The lowest BCUT2D eigenvalue weighted by Crippen LogP contribution is -2.12. The van der Waals surface area contributed by atoms with Crippen molar-refractivity contribution in [1.82, 2.24) is 14.8 Å². The molecule has 132 valence electrons. The average molecular weight is 424 g/mol. The lowest BCUT2D eigenvalue weighted by molar-refractivity contribution is -0.136. The first-order chi connectivity index (χ1) is 11.5. The van der Waals surface area contributed by atoms with Crippen molar-refractivity contribution in [3.05, 3.63) is 48.3 Å². The zero-order valence-electron chi connectivity index (χ0n) is 13.7. The Morgan fingerprint density at radius 2 is 1.96 bits per heavy atom. The number of thioether (sulfide) groups is 1. The standard InChI is InChI=1S/C17H17N3O3S.BrH/c1-11(16(21)22)24-17-19-18-15(20(17)2)10-23-14-8-7-12-5-3-4-6-13(12)9-14;/h3-9,11H,10H2,1-2H3,(H,21,22);1H. The van der Waals surface area contributed by atoms with E-state index in [0.717, 1.165) is 28.3 Å². The first kappa shape index (κ1) is 19.3. The smallest absolute Gasteiger partial charge is 0.316 e. The van der Waals surface area contributed by atoms with Crippen LogP contribution < -0.4 is 4.74 Å². The lowest BCUT2D eigenvalue weighted by Gasteiger charge is -2.08. The van der Waals surface area contributed by atoms with Gasteiger partial charge in [-0.1, -0.05) is 42.1 Å². The fraction of sp³-hybridized carbons (Fsp3) is 0.235. The van der Waals surface area contributed by atoms with E-state index in [1.165, 1.54) is 0 Å². The predicted octanol–water partition coefficient (Wildman–Crippen LogP) is 3.69. The lowest BCUT2D eigenvalue weighted by atomic mass is 10.1. The highest BCUT2D eigenvalue weighted by Gasteiger charge is 2.18. The fourth-order valence-electron chi connectivity index (χ4n) is 2.19. The number of hydrogen-bond acceptors (Lipinski definition) is 5. The van der Waals surface area contributed by atoms with Gasteiger partial charge in [0.05, 0.1) is 0 Å². The highest BCUT2D eigenvalue weighted by molar-refractivity contribution is 8.93. The summed E-state index contributed by atoms with van der Waals surface area (Å²) < 4.78 is 7.55. The molecule has 0 saturated heterocycles. The molecule has 3 aromatic rings. The number of carbonyl (C=O) groups is 1. The molecule has 1 unspecified atom stereocenters. The van der Waals surface area contributed by atoms with Gasteiger partial charge < -0.3 is 14.4 Å².